The highest BCUT2D eigenvalue weighted by Crippen LogP contribution is 2.31. The van der Waals surface area contributed by atoms with Gasteiger partial charge in [0.25, 0.3) is 0 Å². The molecule has 0 saturated carbocycles. The van der Waals surface area contributed by atoms with E-state index in [1.54, 1.807) is 6.07 Å². The minimum Gasteiger partial charge on any atom is -0.398 e. The molecule has 4 heteroatoms. The van der Waals surface area contributed by atoms with E-state index in [1.165, 1.54) is 12.1 Å². The standard InChI is InChI=1S/C13H11FN2O/c14-7-4-5-9-8(6-7)13(15)12-10(16-9)2-1-3-11(12)17/h4-6H,1-3H2,(H2,15,16). The summed E-state index contributed by atoms with van der Waals surface area (Å²) in [6.45, 7) is 0. The summed E-state index contributed by atoms with van der Waals surface area (Å²) in [5, 5.41) is 0.527. The summed E-state index contributed by atoms with van der Waals surface area (Å²) < 4.78 is 13.2. The molecule has 0 spiro atoms. The fourth-order valence-electron chi connectivity index (χ4n) is 2.35. The summed E-state index contributed by atoms with van der Waals surface area (Å²) in [5.74, 6) is -0.350. The third-order valence-corrected chi connectivity index (χ3v) is 3.16. The van der Waals surface area contributed by atoms with E-state index >= 15 is 0 Å². The predicted molar refractivity (Wildman–Crippen MR) is 63.4 cm³/mol. The van der Waals surface area contributed by atoms with Crippen molar-refractivity contribution < 1.29 is 9.18 Å². The molecule has 0 aliphatic heterocycles. The molecule has 1 aromatic carbocycles. The lowest BCUT2D eigenvalue weighted by atomic mass is 9.92. The summed E-state index contributed by atoms with van der Waals surface area (Å²) in [4.78, 5) is 16.2. The van der Waals surface area contributed by atoms with Crippen LogP contribution in [-0.2, 0) is 6.42 Å². The van der Waals surface area contributed by atoms with Gasteiger partial charge in [-0.3, -0.25) is 9.78 Å². The smallest absolute Gasteiger partial charge is 0.166 e. The SMILES string of the molecule is Nc1c2c(nc3ccc(F)cc13)CCCC2=O. The van der Waals surface area contributed by atoms with Crippen LogP contribution in [0.2, 0.25) is 0 Å². The summed E-state index contributed by atoms with van der Waals surface area (Å²) in [7, 11) is 0. The number of carbonyl (C=O) groups is 1. The fourth-order valence-corrected chi connectivity index (χ4v) is 2.35. The van der Waals surface area contributed by atoms with Gasteiger partial charge in [-0.1, -0.05) is 0 Å². The number of Topliss-reactive ketones (excluding diaryl/α,β-unsaturated/α-hetero) is 1. The van der Waals surface area contributed by atoms with Crippen molar-refractivity contribution in [1.29, 1.82) is 0 Å². The summed E-state index contributed by atoms with van der Waals surface area (Å²) in [6.07, 6.45) is 2.07. The van der Waals surface area contributed by atoms with Gasteiger partial charge in [0.1, 0.15) is 5.82 Å². The molecule has 1 heterocycles. The van der Waals surface area contributed by atoms with E-state index in [0.29, 0.717) is 28.6 Å². The molecule has 0 fully saturated rings. The highest BCUT2D eigenvalue weighted by Gasteiger charge is 2.23. The Morgan fingerprint density at radius 3 is 2.94 bits per heavy atom. The molecule has 0 unspecified atom stereocenters. The number of carbonyl (C=O) groups excluding carboxylic acids is 1. The van der Waals surface area contributed by atoms with Gasteiger partial charge in [-0.05, 0) is 31.0 Å². The molecule has 0 bridgehead atoms. The average Bonchev–Trinajstić information content (AvgIpc) is 2.30. The van der Waals surface area contributed by atoms with Crippen molar-refractivity contribution in [2.45, 2.75) is 19.3 Å². The van der Waals surface area contributed by atoms with Gasteiger partial charge in [0.2, 0.25) is 0 Å². The quantitative estimate of drug-likeness (QED) is 0.756. The Morgan fingerprint density at radius 2 is 2.12 bits per heavy atom. The molecule has 3 rings (SSSR count). The molecule has 3 nitrogen and oxygen atoms in total. The molecule has 0 atom stereocenters. The van der Waals surface area contributed by atoms with Gasteiger partial charge in [-0.15, -0.1) is 0 Å². The van der Waals surface area contributed by atoms with Gasteiger partial charge in [0, 0.05) is 11.8 Å². The number of fused-ring (bicyclic) bond motifs is 2. The first-order chi connectivity index (χ1) is 8.16. The van der Waals surface area contributed by atoms with E-state index in [9.17, 15) is 9.18 Å². The summed E-state index contributed by atoms with van der Waals surface area (Å²) in [6, 6.07) is 4.28. The van der Waals surface area contributed by atoms with Crippen molar-refractivity contribution in [3.63, 3.8) is 0 Å². The van der Waals surface area contributed by atoms with Crippen LogP contribution in [0.25, 0.3) is 10.9 Å². The van der Waals surface area contributed by atoms with Crippen molar-refractivity contribution in [3.05, 3.63) is 35.3 Å². The van der Waals surface area contributed by atoms with Gasteiger partial charge in [-0.2, -0.15) is 0 Å². The Balaban J connectivity index is 2.40. The Kier molecular flexibility index (Phi) is 2.11. The highest BCUT2D eigenvalue weighted by molar-refractivity contribution is 6.09. The molecule has 0 amide bonds. The molecule has 1 aliphatic carbocycles. The van der Waals surface area contributed by atoms with Crippen LogP contribution in [0.3, 0.4) is 0 Å². The van der Waals surface area contributed by atoms with Crippen LogP contribution in [0.4, 0.5) is 10.1 Å². The van der Waals surface area contributed by atoms with Crippen LogP contribution in [0.5, 0.6) is 0 Å². The second-order valence-corrected chi connectivity index (χ2v) is 4.29. The van der Waals surface area contributed by atoms with Gasteiger partial charge in [-0.25, -0.2) is 4.39 Å². The highest BCUT2D eigenvalue weighted by atomic mass is 19.1. The number of nitrogens with zero attached hydrogens (tertiary/aromatic N) is 1. The van der Waals surface area contributed by atoms with E-state index < -0.39 is 0 Å². The molecule has 1 aromatic heterocycles. The number of nitrogens with two attached hydrogens (primary N) is 1. The Hall–Kier alpha value is -1.97. The minimum absolute atomic E-state index is 0.0161. The molecular weight excluding hydrogens is 219 g/mol. The third-order valence-electron chi connectivity index (χ3n) is 3.16. The zero-order valence-electron chi connectivity index (χ0n) is 9.16. The average molecular weight is 230 g/mol. The minimum atomic E-state index is -0.366. The topological polar surface area (TPSA) is 56.0 Å². The molecular formula is C13H11FN2O. The Bertz CT molecular complexity index is 637. The van der Waals surface area contributed by atoms with Crippen LogP contribution in [0.1, 0.15) is 28.9 Å². The second kappa shape index (κ2) is 3.52. The first-order valence-corrected chi connectivity index (χ1v) is 5.57. The first kappa shape index (κ1) is 10.2. The maximum Gasteiger partial charge on any atom is 0.166 e. The van der Waals surface area contributed by atoms with E-state index in [4.69, 9.17) is 5.73 Å². The lowest BCUT2D eigenvalue weighted by molar-refractivity contribution is 0.0973. The molecule has 1 aliphatic rings. The van der Waals surface area contributed by atoms with Crippen molar-refractivity contribution in [3.8, 4) is 0 Å². The number of pyridine rings is 1. The molecule has 0 radical (unpaired) electrons. The maximum absolute atomic E-state index is 13.2. The number of ketones is 1. The van der Waals surface area contributed by atoms with Crippen molar-refractivity contribution in [2.24, 2.45) is 0 Å². The van der Waals surface area contributed by atoms with Crippen LogP contribution in [-0.4, -0.2) is 10.8 Å². The van der Waals surface area contributed by atoms with Gasteiger partial charge in [0.15, 0.2) is 5.78 Å². The lowest BCUT2D eigenvalue weighted by Crippen LogP contribution is -2.15. The molecule has 2 N–H and O–H groups in total. The number of anilines is 1. The maximum atomic E-state index is 13.2. The number of rotatable bonds is 0. The number of aromatic nitrogens is 1. The van der Waals surface area contributed by atoms with Crippen molar-refractivity contribution >= 4 is 22.4 Å². The largest absolute Gasteiger partial charge is 0.398 e. The number of hydrogen-bond acceptors (Lipinski definition) is 3. The number of benzene rings is 1. The van der Waals surface area contributed by atoms with Crippen molar-refractivity contribution in [1.82, 2.24) is 4.98 Å². The monoisotopic (exact) mass is 230 g/mol. The second-order valence-electron chi connectivity index (χ2n) is 4.29. The van der Waals surface area contributed by atoms with Crippen LogP contribution in [0.15, 0.2) is 18.2 Å². The molecule has 17 heavy (non-hydrogen) atoms. The number of nitrogen functional groups attached to an aromatic ring is 1. The van der Waals surface area contributed by atoms with Gasteiger partial charge in [0.05, 0.1) is 22.5 Å². The van der Waals surface area contributed by atoms with E-state index in [0.717, 1.165) is 18.5 Å². The summed E-state index contributed by atoms with van der Waals surface area (Å²) >= 11 is 0. The predicted octanol–water partition coefficient (Wildman–Crippen LogP) is 2.48. The zero-order chi connectivity index (χ0) is 12.0. The normalized spacial score (nSPS) is 15.0. The van der Waals surface area contributed by atoms with Crippen LogP contribution < -0.4 is 5.73 Å². The molecule has 86 valence electrons. The van der Waals surface area contributed by atoms with E-state index in [1.807, 2.05) is 0 Å². The third kappa shape index (κ3) is 1.48. The molecule has 2 aromatic rings. The summed E-state index contributed by atoms with van der Waals surface area (Å²) in [5.41, 5.74) is 8.23. The molecule has 0 saturated heterocycles. The van der Waals surface area contributed by atoms with Gasteiger partial charge >= 0.3 is 0 Å². The fraction of sp³-hybridized carbons (Fsp3) is 0.231. The lowest BCUT2D eigenvalue weighted by Gasteiger charge is -2.17. The Morgan fingerprint density at radius 1 is 1.29 bits per heavy atom. The van der Waals surface area contributed by atoms with Crippen LogP contribution >= 0.6 is 0 Å². The zero-order valence-corrected chi connectivity index (χ0v) is 9.16. The van der Waals surface area contributed by atoms with Crippen molar-refractivity contribution in [2.75, 3.05) is 5.73 Å². The number of halogens is 1. The number of hydrogen-bond donors (Lipinski definition) is 1. The number of aryl methyl sites for hydroxylation is 1. The Labute approximate surface area is 97.5 Å². The van der Waals surface area contributed by atoms with E-state index in [2.05, 4.69) is 4.98 Å². The first-order valence-electron chi connectivity index (χ1n) is 5.57. The van der Waals surface area contributed by atoms with E-state index in [-0.39, 0.29) is 11.6 Å². The van der Waals surface area contributed by atoms with Crippen LogP contribution in [0, 0.1) is 5.82 Å². The van der Waals surface area contributed by atoms with Gasteiger partial charge < -0.3 is 5.73 Å².